The number of rotatable bonds is 11. The van der Waals surface area contributed by atoms with Gasteiger partial charge in [-0.25, -0.2) is 0 Å². The number of anilines is 2. The van der Waals surface area contributed by atoms with Crippen molar-refractivity contribution in [2.45, 2.75) is 46.5 Å². The molecule has 0 spiro atoms. The molecule has 2 rings (SSSR count). The average Bonchev–Trinajstić information content (AvgIpc) is 2.69. The number of amides is 1. The summed E-state index contributed by atoms with van der Waals surface area (Å²) in [6.45, 7) is 8.95. The van der Waals surface area contributed by atoms with E-state index >= 15 is 0 Å². The van der Waals surface area contributed by atoms with Crippen molar-refractivity contribution in [3.05, 3.63) is 54.1 Å². The Hall–Kier alpha value is -2.49. The summed E-state index contributed by atoms with van der Waals surface area (Å²) in [5.41, 5.74) is 3.34. The Morgan fingerprint density at radius 2 is 1.63 bits per heavy atom. The van der Waals surface area contributed by atoms with Gasteiger partial charge in [-0.05, 0) is 68.7 Å². The lowest BCUT2D eigenvalue weighted by molar-refractivity contribution is -0.116. The normalized spacial score (nSPS) is 10.5. The Bertz CT molecular complexity index is 677. The molecule has 0 aliphatic rings. The van der Waals surface area contributed by atoms with Crippen molar-refractivity contribution in [1.29, 1.82) is 0 Å². The Morgan fingerprint density at radius 3 is 2.22 bits per heavy atom. The number of ether oxygens (including phenoxy) is 1. The number of hydrogen-bond donors (Lipinski definition) is 1. The van der Waals surface area contributed by atoms with Crippen LogP contribution in [0.15, 0.2) is 48.5 Å². The second-order valence-corrected chi connectivity index (χ2v) is 6.61. The van der Waals surface area contributed by atoms with E-state index in [1.54, 1.807) is 0 Å². The maximum atomic E-state index is 12.1. The van der Waals surface area contributed by atoms with Gasteiger partial charge >= 0.3 is 0 Å². The zero-order valence-electron chi connectivity index (χ0n) is 16.8. The number of hydrogen-bond acceptors (Lipinski definition) is 3. The van der Waals surface area contributed by atoms with E-state index in [0.29, 0.717) is 19.4 Å². The number of benzene rings is 2. The summed E-state index contributed by atoms with van der Waals surface area (Å²) in [6, 6.07) is 16.2. The van der Waals surface area contributed by atoms with Crippen molar-refractivity contribution in [1.82, 2.24) is 0 Å². The van der Waals surface area contributed by atoms with Crippen LogP contribution in [0.4, 0.5) is 11.4 Å². The van der Waals surface area contributed by atoms with E-state index in [-0.39, 0.29) is 5.91 Å². The summed E-state index contributed by atoms with van der Waals surface area (Å²) < 4.78 is 5.72. The Kier molecular flexibility index (Phi) is 8.69. The third kappa shape index (κ3) is 6.97. The third-order valence-corrected chi connectivity index (χ3v) is 4.56. The molecule has 1 N–H and O–H groups in total. The van der Waals surface area contributed by atoms with Gasteiger partial charge in [-0.1, -0.05) is 25.5 Å². The molecule has 4 heteroatoms. The number of nitrogens with zero attached hydrogens (tertiary/aromatic N) is 1. The highest BCUT2D eigenvalue weighted by Gasteiger charge is 2.05. The van der Waals surface area contributed by atoms with E-state index in [9.17, 15) is 4.79 Å². The van der Waals surface area contributed by atoms with Crippen LogP contribution in [0, 0.1) is 0 Å². The second-order valence-electron chi connectivity index (χ2n) is 6.61. The molecule has 0 fully saturated rings. The first-order valence-electron chi connectivity index (χ1n) is 10.0. The first-order valence-corrected chi connectivity index (χ1v) is 10.0. The largest absolute Gasteiger partial charge is 0.494 e. The maximum Gasteiger partial charge on any atom is 0.224 e. The van der Waals surface area contributed by atoms with Crippen molar-refractivity contribution in [3.63, 3.8) is 0 Å². The summed E-state index contributed by atoms with van der Waals surface area (Å²) in [6.07, 6.45) is 3.38. The van der Waals surface area contributed by atoms with Gasteiger partial charge in [0.25, 0.3) is 0 Å². The Balaban J connectivity index is 1.70. The van der Waals surface area contributed by atoms with E-state index in [0.717, 1.165) is 37.4 Å². The van der Waals surface area contributed by atoms with Crippen LogP contribution >= 0.6 is 0 Å². The number of carbonyl (C=O) groups is 1. The van der Waals surface area contributed by atoms with Crippen LogP contribution in [0.1, 0.15) is 45.6 Å². The minimum atomic E-state index is 0.0208. The molecule has 2 aromatic carbocycles. The third-order valence-electron chi connectivity index (χ3n) is 4.56. The van der Waals surface area contributed by atoms with Gasteiger partial charge in [0.05, 0.1) is 6.61 Å². The van der Waals surface area contributed by atoms with E-state index in [2.05, 4.69) is 43.1 Å². The first kappa shape index (κ1) is 20.8. The van der Waals surface area contributed by atoms with E-state index in [1.165, 1.54) is 11.3 Å². The Labute approximate surface area is 163 Å². The van der Waals surface area contributed by atoms with Crippen molar-refractivity contribution in [3.8, 4) is 5.75 Å². The van der Waals surface area contributed by atoms with Crippen LogP contribution in [0.3, 0.4) is 0 Å². The molecule has 0 atom stereocenters. The molecule has 0 heterocycles. The SMILES string of the molecule is CCCc1ccc(OCCCC(=O)Nc2ccc(N(CC)CC)cc2)cc1. The van der Waals surface area contributed by atoms with Gasteiger partial charge in [-0.15, -0.1) is 0 Å². The molecule has 146 valence electrons. The lowest BCUT2D eigenvalue weighted by Gasteiger charge is -2.21. The van der Waals surface area contributed by atoms with Crippen LogP contribution in [0.25, 0.3) is 0 Å². The van der Waals surface area contributed by atoms with Gasteiger partial charge in [0.2, 0.25) is 5.91 Å². The molecular weight excluding hydrogens is 336 g/mol. The Morgan fingerprint density at radius 1 is 0.963 bits per heavy atom. The van der Waals surface area contributed by atoms with Crippen LogP contribution in [-0.2, 0) is 11.2 Å². The molecule has 2 aromatic rings. The summed E-state index contributed by atoms with van der Waals surface area (Å²) in [5.74, 6) is 0.884. The van der Waals surface area contributed by atoms with Crippen LogP contribution in [0.5, 0.6) is 5.75 Å². The highest BCUT2D eigenvalue weighted by Crippen LogP contribution is 2.18. The molecule has 0 saturated heterocycles. The minimum absolute atomic E-state index is 0.0208. The lowest BCUT2D eigenvalue weighted by atomic mass is 10.1. The molecule has 0 radical (unpaired) electrons. The topological polar surface area (TPSA) is 41.6 Å². The monoisotopic (exact) mass is 368 g/mol. The maximum absolute atomic E-state index is 12.1. The van der Waals surface area contributed by atoms with Gasteiger partial charge in [0, 0.05) is 30.9 Å². The molecule has 1 amide bonds. The fourth-order valence-electron chi connectivity index (χ4n) is 3.03. The zero-order valence-corrected chi connectivity index (χ0v) is 16.8. The van der Waals surface area contributed by atoms with Gasteiger partial charge < -0.3 is 15.0 Å². The minimum Gasteiger partial charge on any atom is -0.494 e. The first-order chi connectivity index (χ1) is 13.2. The molecule has 27 heavy (non-hydrogen) atoms. The summed E-state index contributed by atoms with van der Waals surface area (Å²) >= 11 is 0. The van der Waals surface area contributed by atoms with Crippen molar-refractivity contribution >= 4 is 17.3 Å². The van der Waals surface area contributed by atoms with E-state index < -0.39 is 0 Å². The molecular formula is C23H32N2O2. The molecule has 0 aliphatic heterocycles. The second kappa shape index (κ2) is 11.3. The van der Waals surface area contributed by atoms with Crippen molar-refractivity contribution < 1.29 is 9.53 Å². The summed E-state index contributed by atoms with van der Waals surface area (Å²) in [7, 11) is 0. The highest BCUT2D eigenvalue weighted by atomic mass is 16.5. The lowest BCUT2D eigenvalue weighted by Crippen LogP contribution is -2.21. The predicted octanol–water partition coefficient (Wildman–Crippen LogP) is 5.28. The van der Waals surface area contributed by atoms with Crippen LogP contribution in [0.2, 0.25) is 0 Å². The van der Waals surface area contributed by atoms with Gasteiger partial charge in [0.15, 0.2) is 0 Å². The zero-order chi connectivity index (χ0) is 19.5. The molecule has 0 aromatic heterocycles. The molecule has 0 saturated carbocycles. The number of aryl methyl sites for hydroxylation is 1. The fraction of sp³-hybridized carbons (Fsp3) is 0.435. The van der Waals surface area contributed by atoms with E-state index in [4.69, 9.17) is 4.74 Å². The van der Waals surface area contributed by atoms with Crippen molar-refractivity contribution in [2.75, 3.05) is 29.9 Å². The van der Waals surface area contributed by atoms with Crippen molar-refractivity contribution in [2.24, 2.45) is 0 Å². The molecule has 0 unspecified atom stereocenters. The average molecular weight is 369 g/mol. The van der Waals surface area contributed by atoms with Gasteiger partial charge in [-0.3, -0.25) is 4.79 Å². The van der Waals surface area contributed by atoms with Crippen LogP contribution < -0.4 is 15.0 Å². The standard InChI is InChI=1S/C23H32N2O2/c1-4-8-19-10-16-22(17-11-19)27-18-7-9-23(26)24-20-12-14-21(15-13-20)25(5-2)6-3/h10-17H,4-9,18H2,1-3H3,(H,24,26). The van der Waals surface area contributed by atoms with E-state index in [1.807, 2.05) is 36.4 Å². The van der Waals surface area contributed by atoms with Gasteiger partial charge in [0.1, 0.15) is 5.75 Å². The summed E-state index contributed by atoms with van der Waals surface area (Å²) in [5, 5.41) is 2.95. The quantitative estimate of drug-likeness (QED) is 0.548. The predicted molar refractivity (Wildman–Crippen MR) is 114 cm³/mol. The smallest absolute Gasteiger partial charge is 0.224 e. The fourth-order valence-corrected chi connectivity index (χ4v) is 3.03. The van der Waals surface area contributed by atoms with Gasteiger partial charge in [-0.2, -0.15) is 0 Å². The summed E-state index contributed by atoms with van der Waals surface area (Å²) in [4.78, 5) is 14.4. The molecule has 0 aliphatic carbocycles. The molecule has 0 bridgehead atoms. The number of carbonyl (C=O) groups excluding carboxylic acids is 1. The number of nitrogens with one attached hydrogen (secondary N) is 1. The van der Waals surface area contributed by atoms with Crippen LogP contribution in [-0.4, -0.2) is 25.6 Å². The highest BCUT2D eigenvalue weighted by molar-refractivity contribution is 5.90. The molecule has 4 nitrogen and oxygen atoms in total.